The zero-order valence-corrected chi connectivity index (χ0v) is 10.4. The highest BCUT2D eigenvalue weighted by atomic mass is 16.5. The third kappa shape index (κ3) is 2.55. The minimum Gasteiger partial charge on any atom is -0.359 e. The van der Waals surface area contributed by atoms with Gasteiger partial charge in [0.1, 0.15) is 0 Å². The van der Waals surface area contributed by atoms with Crippen LogP contribution in [-0.2, 0) is 0 Å². The molecule has 2 unspecified atom stereocenters. The van der Waals surface area contributed by atoms with E-state index in [1.54, 1.807) is 0 Å². The normalized spacial score (nSPS) is 14.8. The monoisotopic (exact) mass is 234 g/mol. The van der Waals surface area contributed by atoms with Crippen LogP contribution in [0, 0.1) is 0 Å². The SMILES string of the molecule is CCNC(C)C(C)c1nc(-c2ccc[nH]2)no1. The molecule has 0 aliphatic heterocycles. The van der Waals surface area contributed by atoms with Crippen LogP contribution in [0.5, 0.6) is 0 Å². The van der Waals surface area contributed by atoms with Crippen LogP contribution in [0.25, 0.3) is 11.5 Å². The molecule has 92 valence electrons. The van der Waals surface area contributed by atoms with Gasteiger partial charge in [-0.15, -0.1) is 0 Å². The molecule has 0 aromatic carbocycles. The molecule has 2 aromatic rings. The Hall–Kier alpha value is -1.62. The van der Waals surface area contributed by atoms with Crippen LogP contribution in [0.4, 0.5) is 0 Å². The molecule has 5 nitrogen and oxygen atoms in total. The van der Waals surface area contributed by atoms with Gasteiger partial charge in [-0.1, -0.05) is 19.0 Å². The zero-order valence-electron chi connectivity index (χ0n) is 10.4. The summed E-state index contributed by atoms with van der Waals surface area (Å²) >= 11 is 0. The first-order valence-corrected chi connectivity index (χ1v) is 5.93. The molecule has 0 saturated heterocycles. The molecule has 0 radical (unpaired) electrons. The molecular formula is C12H18N4O. The van der Waals surface area contributed by atoms with Gasteiger partial charge in [-0.3, -0.25) is 0 Å². The summed E-state index contributed by atoms with van der Waals surface area (Å²) in [5.41, 5.74) is 0.878. The lowest BCUT2D eigenvalue weighted by Crippen LogP contribution is -2.30. The van der Waals surface area contributed by atoms with E-state index in [4.69, 9.17) is 4.52 Å². The Kier molecular flexibility index (Phi) is 3.58. The van der Waals surface area contributed by atoms with Gasteiger partial charge in [-0.2, -0.15) is 4.98 Å². The fourth-order valence-electron chi connectivity index (χ4n) is 1.71. The molecule has 0 saturated carbocycles. The Morgan fingerprint density at radius 3 is 2.94 bits per heavy atom. The van der Waals surface area contributed by atoms with Crippen LogP contribution >= 0.6 is 0 Å². The fraction of sp³-hybridized carbons (Fsp3) is 0.500. The number of nitrogens with one attached hydrogen (secondary N) is 2. The minimum atomic E-state index is 0.200. The van der Waals surface area contributed by atoms with E-state index in [2.05, 4.69) is 41.2 Å². The van der Waals surface area contributed by atoms with Gasteiger partial charge < -0.3 is 14.8 Å². The molecular weight excluding hydrogens is 216 g/mol. The Labute approximate surface area is 101 Å². The Bertz CT molecular complexity index is 449. The number of nitrogens with zero attached hydrogens (tertiary/aromatic N) is 2. The maximum absolute atomic E-state index is 5.30. The van der Waals surface area contributed by atoms with Crippen molar-refractivity contribution in [1.29, 1.82) is 0 Å². The average molecular weight is 234 g/mol. The van der Waals surface area contributed by atoms with E-state index in [-0.39, 0.29) is 5.92 Å². The molecule has 0 aliphatic rings. The third-order valence-corrected chi connectivity index (χ3v) is 2.95. The molecule has 0 bridgehead atoms. The average Bonchev–Trinajstić information content (AvgIpc) is 2.98. The van der Waals surface area contributed by atoms with Crippen molar-refractivity contribution in [3.05, 3.63) is 24.2 Å². The molecule has 0 fully saturated rings. The van der Waals surface area contributed by atoms with Crippen LogP contribution in [-0.4, -0.2) is 27.7 Å². The first-order chi connectivity index (χ1) is 8.22. The summed E-state index contributed by atoms with van der Waals surface area (Å²) < 4.78 is 5.30. The summed E-state index contributed by atoms with van der Waals surface area (Å²) in [6, 6.07) is 4.15. The van der Waals surface area contributed by atoms with E-state index < -0.39 is 0 Å². The van der Waals surface area contributed by atoms with E-state index in [0.717, 1.165) is 12.2 Å². The highest BCUT2D eigenvalue weighted by molar-refractivity contribution is 5.47. The van der Waals surface area contributed by atoms with E-state index in [1.807, 2.05) is 18.3 Å². The van der Waals surface area contributed by atoms with Crippen molar-refractivity contribution in [3.8, 4) is 11.5 Å². The lowest BCUT2D eigenvalue weighted by atomic mass is 10.0. The van der Waals surface area contributed by atoms with Crippen molar-refractivity contribution in [3.63, 3.8) is 0 Å². The minimum absolute atomic E-state index is 0.200. The summed E-state index contributed by atoms with van der Waals surface area (Å²) in [4.78, 5) is 7.47. The summed E-state index contributed by atoms with van der Waals surface area (Å²) in [5.74, 6) is 1.48. The molecule has 5 heteroatoms. The molecule has 2 N–H and O–H groups in total. The van der Waals surface area contributed by atoms with Gasteiger partial charge in [0.15, 0.2) is 0 Å². The van der Waals surface area contributed by atoms with Gasteiger partial charge >= 0.3 is 0 Å². The number of H-pyrrole nitrogens is 1. The van der Waals surface area contributed by atoms with Crippen LogP contribution in [0.2, 0.25) is 0 Å². The van der Waals surface area contributed by atoms with E-state index >= 15 is 0 Å². The fourth-order valence-corrected chi connectivity index (χ4v) is 1.71. The first kappa shape index (κ1) is 11.9. The second-order valence-corrected chi connectivity index (χ2v) is 4.18. The molecule has 0 spiro atoms. The molecule has 2 heterocycles. The first-order valence-electron chi connectivity index (χ1n) is 5.93. The van der Waals surface area contributed by atoms with Crippen molar-refractivity contribution >= 4 is 0 Å². The van der Waals surface area contributed by atoms with Crippen LogP contribution in [0.1, 0.15) is 32.6 Å². The number of aromatic nitrogens is 3. The van der Waals surface area contributed by atoms with E-state index in [0.29, 0.717) is 17.8 Å². The van der Waals surface area contributed by atoms with Gasteiger partial charge in [-0.05, 0) is 25.6 Å². The highest BCUT2D eigenvalue weighted by Gasteiger charge is 2.20. The van der Waals surface area contributed by atoms with Crippen molar-refractivity contribution in [1.82, 2.24) is 20.4 Å². The molecule has 0 aliphatic carbocycles. The summed E-state index contributed by atoms with van der Waals surface area (Å²) in [6.45, 7) is 7.22. The molecule has 2 aromatic heterocycles. The number of aromatic amines is 1. The van der Waals surface area contributed by atoms with Gasteiger partial charge in [0.05, 0.1) is 11.6 Å². The van der Waals surface area contributed by atoms with Gasteiger partial charge in [-0.25, -0.2) is 0 Å². The van der Waals surface area contributed by atoms with Crippen molar-refractivity contribution < 1.29 is 4.52 Å². The predicted octanol–water partition coefficient (Wildman–Crippen LogP) is 2.17. The molecule has 2 rings (SSSR count). The highest BCUT2D eigenvalue weighted by Crippen LogP contribution is 2.20. The molecule has 17 heavy (non-hydrogen) atoms. The van der Waals surface area contributed by atoms with Crippen molar-refractivity contribution in [2.75, 3.05) is 6.54 Å². The van der Waals surface area contributed by atoms with Gasteiger partial charge in [0.25, 0.3) is 0 Å². The van der Waals surface area contributed by atoms with Crippen molar-refractivity contribution in [2.45, 2.75) is 32.7 Å². The van der Waals surface area contributed by atoms with Crippen LogP contribution < -0.4 is 5.32 Å². The Morgan fingerprint density at radius 1 is 1.47 bits per heavy atom. The second kappa shape index (κ2) is 5.14. The second-order valence-electron chi connectivity index (χ2n) is 4.18. The standard InChI is InChI=1S/C12H18N4O/c1-4-13-9(3)8(2)12-15-11(16-17-12)10-6-5-7-14-10/h5-9,13-14H,4H2,1-3H3. The zero-order chi connectivity index (χ0) is 12.3. The van der Waals surface area contributed by atoms with Crippen LogP contribution in [0.3, 0.4) is 0 Å². The third-order valence-electron chi connectivity index (χ3n) is 2.95. The summed E-state index contributed by atoms with van der Waals surface area (Å²) in [6.07, 6.45) is 1.84. The summed E-state index contributed by atoms with van der Waals surface area (Å²) in [7, 11) is 0. The number of hydrogen-bond donors (Lipinski definition) is 2. The lowest BCUT2D eigenvalue weighted by Gasteiger charge is -2.16. The largest absolute Gasteiger partial charge is 0.359 e. The number of likely N-dealkylation sites (N-methyl/N-ethyl adjacent to an activating group) is 1. The number of rotatable bonds is 5. The van der Waals surface area contributed by atoms with Crippen molar-refractivity contribution in [2.24, 2.45) is 0 Å². The summed E-state index contributed by atoms with van der Waals surface area (Å²) in [5, 5.41) is 7.33. The molecule has 2 atom stereocenters. The smallest absolute Gasteiger partial charge is 0.231 e. The quantitative estimate of drug-likeness (QED) is 0.832. The van der Waals surface area contributed by atoms with Gasteiger partial charge in [0.2, 0.25) is 11.7 Å². The van der Waals surface area contributed by atoms with E-state index in [9.17, 15) is 0 Å². The topological polar surface area (TPSA) is 66.7 Å². The lowest BCUT2D eigenvalue weighted by molar-refractivity contribution is 0.332. The maximum Gasteiger partial charge on any atom is 0.231 e. The maximum atomic E-state index is 5.30. The van der Waals surface area contributed by atoms with Crippen LogP contribution in [0.15, 0.2) is 22.9 Å². The Balaban J connectivity index is 2.13. The molecule has 0 amide bonds. The Morgan fingerprint density at radius 2 is 2.29 bits per heavy atom. The van der Waals surface area contributed by atoms with Gasteiger partial charge in [0, 0.05) is 12.2 Å². The number of hydrogen-bond acceptors (Lipinski definition) is 4. The van der Waals surface area contributed by atoms with E-state index in [1.165, 1.54) is 0 Å². The predicted molar refractivity (Wildman–Crippen MR) is 65.6 cm³/mol.